The van der Waals surface area contributed by atoms with E-state index in [9.17, 15) is 13.2 Å². The third-order valence-corrected chi connectivity index (χ3v) is 9.35. The number of rotatable bonds is 9. The number of carbonyl (C=O) groups is 1. The normalized spacial score (nSPS) is 16.9. The number of hydrogen-bond donors (Lipinski definition) is 1. The lowest BCUT2D eigenvalue weighted by Gasteiger charge is -2.33. The Hall–Kier alpha value is -3.89. The summed E-state index contributed by atoms with van der Waals surface area (Å²) in [7, 11) is -2.17. The molecule has 4 aromatic rings. The zero-order valence-corrected chi connectivity index (χ0v) is 24.6. The van der Waals surface area contributed by atoms with Gasteiger partial charge in [-0.15, -0.1) is 0 Å². The highest BCUT2D eigenvalue weighted by molar-refractivity contribution is 7.89. The van der Waals surface area contributed by atoms with Crippen LogP contribution in [0.2, 0.25) is 0 Å². The number of alkyl halides is 2. The van der Waals surface area contributed by atoms with Crippen molar-refractivity contribution in [3.05, 3.63) is 113 Å². The van der Waals surface area contributed by atoms with Gasteiger partial charge in [0.25, 0.3) is 5.92 Å². The van der Waals surface area contributed by atoms with E-state index in [2.05, 4.69) is 9.71 Å². The van der Waals surface area contributed by atoms with Crippen LogP contribution in [0.5, 0.6) is 0 Å². The van der Waals surface area contributed by atoms with Crippen molar-refractivity contribution in [2.24, 2.45) is 7.05 Å². The molecular formula is C32H34F2N4O3S. The lowest BCUT2D eigenvalue weighted by Crippen LogP contribution is -2.36. The summed E-state index contributed by atoms with van der Waals surface area (Å²) in [5.41, 5.74) is 2.24. The summed E-state index contributed by atoms with van der Waals surface area (Å²) in [6.07, 6.45) is 3.00. The van der Waals surface area contributed by atoms with Crippen LogP contribution in [0.1, 0.15) is 66.2 Å². The van der Waals surface area contributed by atoms with Gasteiger partial charge in [0.1, 0.15) is 5.82 Å². The molecule has 5 rings (SSSR count). The van der Waals surface area contributed by atoms with Crippen molar-refractivity contribution in [1.29, 1.82) is 0 Å². The van der Waals surface area contributed by atoms with E-state index < -0.39 is 28.4 Å². The fourth-order valence-electron chi connectivity index (χ4n) is 5.34. The number of anilines is 1. The van der Waals surface area contributed by atoms with Crippen LogP contribution in [-0.4, -0.2) is 23.9 Å². The molecule has 0 saturated heterocycles. The molecule has 10 heteroatoms. The standard InChI is InChI=1S/C32H34F2N4O3S/c1-22-9-12-26(13-10-22)42(40,41)36-29-15-16-32(33,34)28-14-11-25(20-27(28)29)38(21-30-35-17-18-37(30)3)31(39)19-23(2)24-7-5-4-6-8-24/h4-14,17-18,20,23,29,36H,15-16,19,21H2,1-3H3/t23-,29-/m0/s1. The quantitative estimate of drug-likeness (QED) is 0.245. The summed E-state index contributed by atoms with van der Waals surface area (Å²) in [6.45, 7) is 3.94. The highest BCUT2D eigenvalue weighted by Gasteiger charge is 2.42. The van der Waals surface area contributed by atoms with Gasteiger partial charge in [-0.3, -0.25) is 4.79 Å². The Morgan fingerprint density at radius 2 is 1.83 bits per heavy atom. The minimum absolute atomic E-state index is 0.0598. The van der Waals surface area contributed by atoms with Gasteiger partial charge in [0.05, 0.1) is 11.4 Å². The number of carbonyl (C=O) groups excluding carboxylic acids is 1. The first-order valence-corrected chi connectivity index (χ1v) is 15.4. The predicted molar refractivity (Wildman–Crippen MR) is 158 cm³/mol. The second-order valence-electron chi connectivity index (χ2n) is 11.0. The van der Waals surface area contributed by atoms with Gasteiger partial charge in [0.2, 0.25) is 15.9 Å². The number of nitrogens with one attached hydrogen (secondary N) is 1. The van der Waals surface area contributed by atoms with Crippen molar-refractivity contribution in [3.63, 3.8) is 0 Å². The molecule has 1 aromatic heterocycles. The number of aryl methyl sites for hydroxylation is 2. The molecule has 0 saturated carbocycles. The van der Waals surface area contributed by atoms with E-state index in [1.54, 1.807) is 34.0 Å². The molecule has 1 aliphatic carbocycles. The molecule has 42 heavy (non-hydrogen) atoms. The molecule has 0 unspecified atom stereocenters. The van der Waals surface area contributed by atoms with E-state index in [1.165, 1.54) is 30.3 Å². The number of sulfonamides is 1. The van der Waals surface area contributed by atoms with Gasteiger partial charge in [-0.05, 0) is 54.7 Å². The molecule has 1 aliphatic rings. The van der Waals surface area contributed by atoms with Crippen LogP contribution in [-0.2, 0) is 34.3 Å². The van der Waals surface area contributed by atoms with Gasteiger partial charge in [-0.2, -0.15) is 0 Å². The van der Waals surface area contributed by atoms with Crippen LogP contribution < -0.4 is 9.62 Å². The van der Waals surface area contributed by atoms with Gasteiger partial charge >= 0.3 is 0 Å². The van der Waals surface area contributed by atoms with Crippen molar-refractivity contribution in [3.8, 4) is 0 Å². The molecule has 2 atom stereocenters. The first-order chi connectivity index (χ1) is 19.9. The van der Waals surface area contributed by atoms with Crippen LogP contribution in [0.15, 0.2) is 90.1 Å². The van der Waals surface area contributed by atoms with Crippen molar-refractivity contribution >= 4 is 21.6 Å². The van der Waals surface area contributed by atoms with Gasteiger partial charge in [0.15, 0.2) is 0 Å². The van der Waals surface area contributed by atoms with E-state index in [1.807, 2.05) is 51.2 Å². The molecule has 1 heterocycles. The van der Waals surface area contributed by atoms with Crippen LogP contribution in [0.3, 0.4) is 0 Å². The fourth-order valence-corrected chi connectivity index (χ4v) is 6.59. The number of imidazole rings is 1. The molecule has 0 fully saturated rings. The number of aromatic nitrogens is 2. The number of fused-ring (bicyclic) bond motifs is 1. The molecule has 0 bridgehead atoms. The lowest BCUT2D eigenvalue weighted by molar-refractivity contribution is -0.119. The largest absolute Gasteiger partial charge is 0.337 e. The van der Waals surface area contributed by atoms with Gasteiger partial charge in [-0.25, -0.2) is 26.9 Å². The molecular weight excluding hydrogens is 558 g/mol. The molecule has 7 nitrogen and oxygen atoms in total. The molecule has 1 amide bonds. The molecule has 0 aliphatic heterocycles. The monoisotopic (exact) mass is 592 g/mol. The van der Waals surface area contributed by atoms with Crippen molar-refractivity contribution in [2.45, 2.75) is 62.4 Å². The molecule has 0 spiro atoms. The first kappa shape index (κ1) is 29.6. The van der Waals surface area contributed by atoms with E-state index in [-0.39, 0.29) is 47.2 Å². The first-order valence-electron chi connectivity index (χ1n) is 13.9. The predicted octanol–water partition coefficient (Wildman–Crippen LogP) is 6.36. The Morgan fingerprint density at radius 3 is 2.50 bits per heavy atom. The van der Waals surface area contributed by atoms with E-state index in [4.69, 9.17) is 0 Å². The van der Waals surface area contributed by atoms with Crippen LogP contribution in [0.4, 0.5) is 14.5 Å². The SMILES string of the molecule is Cc1ccc(S(=O)(=O)N[C@H]2CCC(F)(F)c3ccc(N(Cc4nccn4C)C(=O)C[C@H](C)c4ccccc4)cc32)cc1. The van der Waals surface area contributed by atoms with Crippen LogP contribution in [0.25, 0.3) is 0 Å². The summed E-state index contributed by atoms with van der Waals surface area (Å²) in [4.78, 5) is 19.8. The Kier molecular flexibility index (Phi) is 8.30. The topological polar surface area (TPSA) is 84.3 Å². The number of nitrogens with zero attached hydrogens (tertiary/aromatic N) is 3. The van der Waals surface area contributed by atoms with Gasteiger partial charge in [0, 0.05) is 49.6 Å². The number of hydrogen-bond acceptors (Lipinski definition) is 4. The summed E-state index contributed by atoms with van der Waals surface area (Å²) in [5.74, 6) is -2.79. The molecule has 220 valence electrons. The Balaban J connectivity index is 1.51. The van der Waals surface area contributed by atoms with E-state index >= 15 is 8.78 Å². The Morgan fingerprint density at radius 1 is 1.12 bits per heavy atom. The average molecular weight is 593 g/mol. The third kappa shape index (κ3) is 6.29. The second-order valence-corrected chi connectivity index (χ2v) is 12.7. The van der Waals surface area contributed by atoms with Crippen LogP contribution >= 0.6 is 0 Å². The van der Waals surface area contributed by atoms with Gasteiger partial charge < -0.3 is 9.47 Å². The minimum atomic E-state index is -3.99. The Bertz CT molecular complexity index is 1670. The highest BCUT2D eigenvalue weighted by Crippen LogP contribution is 2.46. The summed E-state index contributed by atoms with van der Waals surface area (Å²) >= 11 is 0. The molecule has 3 aromatic carbocycles. The lowest BCUT2D eigenvalue weighted by atomic mass is 9.85. The number of halogens is 2. The zero-order chi connectivity index (χ0) is 30.1. The maximum absolute atomic E-state index is 15.1. The smallest absolute Gasteiger partial charge is 0.273 e. The van der Waals surface area contributed by atoms with E-state index in [0.717, 1.165) is 11.1 Å². The van der Waals surface area contributed by atoms with Crippen molar-refractivity contribution < 1.29 is 22.0 Å². The Labute approximate surface area is 245 Å². The number of amides is 1. The molecule has 0 radical (unpaired) electrons. The number of benzene rings is 3. The maximum Gasteiger partial charge on any atom is 0.273 e. The summed E-state index contributed by atoms with van der Waals surface area (Å²) in [6, 6.07) is 19.5. The fraction of sp³-hybridized carbons (Fsp3) is 0.312. The van der Waals surface area contributed by atoms with Crippen molar-refractivity contribution in [2.75, 3.05) is 4.90 Å². The molecule has 1 N–H and O–H groups in total. The highest BCUT2D eigenvalue weighted by atomic mass is 32.2. The maximum atomic E-state index is 15.1. The van der Waals surface area contributed by atoms with Crippen LogP contribution in [0, 0.1) is 6.92 Å². The van der Waals surface area contributed by atoms with Crippen molar-refractivity contribution in [1.82, 2.24) is 14.3 Å². The summed E-state index contributed by atoms with van der Waals surface area (Å²) < 4.78 is 61.1. The van der Waals surface area contributed by atoms with E-state index in [0.29, 0.717) is 11.5 Å². The summed E-state index contributed by atoms with van der Waals surface area (Å²) in [5, 5.41) is 0. The third-order valence-electron chi connectivity index (χ3n) is 7.86. The average Bonchev–Trinajstić information content (AvgIpc) is 3.37. The second kappa shape index (κ2) is 11.8. The zero-order valence-electron chi connectivity index (χ0n) is 23.8. The minimum Gasteiger partial charge on any atom is -0.337 e. The van der Waals surface area contributed by atoms with Gasteiger partial charge in [-0.1, -0.05) is 61.0 Å².